The summed E-state index contributed by atoms with van der Waals surface area (Å²) in [4.78, 5) is 20.9. The van der Waals surface area contributed by atoms with E-state index in [0.29, 0.717) is 12.9 Å². The minimum absolute atomic E-state index is 0.0968. The standard InChI is InChI=1S/C8H12O4/c1-3-8(10)12-7(5-9)6-11-4-2/h3,5,7H,1,4,6H2,2H3. The van der Waals surface area contributed by atoms with Crippen LogP contribution in [0, 0.1) is 0 Å². The van der Waals surface area contributed by atoms with Gasteiger partial charge in [0, 0.05) is 12.7 Å². The highest BCUT2D eigenvalue weighted by Crippen LogP contribution is 1.91. The fraction of sp³-hybridized carbons (Fsp3) is 0.500. The number of aldehydes is 1. The maximum atomic E-state index is 10.6. The van der Waals surface area contributed by atoms with Gasteiger partial charge in [-0.15, -0.1) is 0 Å². The lowest BCUT2D eigenvalue weighted by Gasteiger charge is -2.09. The van der Waals surface area contributed by atoms with Crippen LogP contribution in [0.1, 0.15) is 6.92 Å². The van der Waals surface area contributed by atoms with Crippen molar-refractivity contribution in [3.63, 3.8) is 0 Å². The van der Waals surface area contributed by atoms with Gasteiger partial charge in [0.1, 0.15) is 0 Å². The Bertz CT molecular complexity index is 164. The van der Waals surface area contributed by atoms with E-state index in [-0.39, 0.29) is 6.61 Å². The van der Waals surface area contributed by atoms with Crippen LogP contribution in [0.15, 0.2) is 12.7 Å². The molecule has 0 fully saturated rings. The lowest BCUT2D eigenvalue weighted by molar-refractivity contribution is -0.149. The Morgan fingerprint density at radius 3 is 2.75 bits per heavy atom. The van der Waals surface area contributed by atoms with Crippen LogP contribution in [0.3, 0.4) is 0 Å². The molecule has 0 rings (SSSR count). The monoisotopic (exact) mass is 172 g/mol. The van der Waals surface area contributed by atoms with E-state index in [1.807, 2.05) is 0 Å². The average molecular weight is 172 g/mol. The maximum absolute atomic E-state index is 10.6. The molecule has 4 heteroatoms. The first-order valence-electron chi connectivity index (χ1n) is 3.60. The van der Waals surface area contributed by atoms with Gasteiger partial charge in [-0.25, -0.2) is 4.79 Å². The van der Waals surface area contributed by atoms with E-state index in [2.05, 4.69) is 11.3 Å². The molecule has 0 amide bonds. The number of carbonyl (C=O) groups is 2. The lowest BCUT2D eigenvalue weighted by atomic mass is 10.4. The molecule has 0 aromatic heterocycles. The van der Waals surface area contributed by atoms with E-state index in [0.717, 1.165) is 6.08 Å². The molecule has 0 N–H and O–H groups in total. The summed E-state index contributed by atoms with van der Waals surface area (Å²) in [5.41, 5.74) is 0. The molecule has 0 aliphatic carbocycles. The van der Waals surface area contributed by atoms with Gasteiger partial charge in [0.2, 0.25) is 0 Å². The van der Waals surface area contributed by atoms with Crippen LogP contribution in [-0.2, 0) is 19.1 Å². The van der Waals surface area contributed by atoms with Crippen LogP contribution >= 0.6 is 0 Å². The number of hydrogen-bond donors (Lipinski definition) is 0. The van der Waals surface area contributed by atoms with E-state index in [4.69, 9.17) is 4.74 Å². The zero-order valence-electron chi connectivity index (χ0n) is 6.99. The summed E-state index contributed by atoms with van der Waals surface area (Å²) in [6.07, 6.45) is 0.704. The molecule has 0 aromatic rings. The summed E-state index contributed by atoms with van der Waals surface area (Å²) in [6.45, 7) is 5.56. The van der Waals surface area contributed by atoms with Crippen LogP contribution in [0.5, 0.6) is 0 Å². The summed E-state index contributed by atoms with van der Waals surface area (Å²) >= 11 is 0. The number of hydrogen-bond acceptors (Lipinski definition) is 4. The van der Waals surface area contributed by atoms with Crippen LogP contribution in [0.2, 0.25) is 0 Å². The topological polar surface area (TPSA) is 52.6 Å². The molecule has 4 nitrogen and oxygen atoms in total. The first kappa shape index (κ1) is 10.8. The second kappa shape index (κ2) is 6.54. The van der Waals surface area contributed by atoms with Gasteiger partial charge in [0.25, 0.3) is 0 Å². The molecular weight excluding hydrogens is 160 g/mol. The summed E-state index contributed by atoms with van der Waals surface area (Å²) in [6, 6.07) is 0. The van der Waals surface area contributed by atoms with Crippen molar-refractivity contribution in [1.29, 1.82) is 0 Å². The van der Waals surface area contributed by atoms with E-state index in [1.54, 1.807) is 6.92 Å². The van der Waals surface area contributed by atoms with Crippen LogP contribution < -0.4 is 0 Å². The first-order valence-corrected chi connectivity index (χ1v) is 3.60. The van der Waals surface area contributed by atoms with Crippen molar-refractivity contribution in [2.24, 2.45) is 0 Å². The Balaban J connectivity index is 3.73. The van der Waals surface area contributed by atoms with Gasteiger partial charge < -0.3 is 9.47 Å². The number of carbonyl (C=O) groups excluding carboxylic acids is 2. The molecule has 1 atom stereocenters. The minimum atomic E-state index is -0.824. The highest BCUT2D eigenvalue weighted by atomic mass is 16.6. The quantitative estimate of drug-likeness (QED) is 0.329. The van der Waals surface area contributed by atoms with Crippen molar-refractivity contribution >= 4 is 12.3 Å². The number of ether oxygens (including phenoxy) is 2. The molecule has 0 spiro atoms. The zero-order chi connectivity index (χ0) is 9.40. The largest absolute Gasteiger partial charge is 0.449 e. The predicted molar refractivity (Wildman–Crippen MR) is 42.6 cm³/mol. The maximum Gasteiger partial charge on any atom is 0.330 e. The molecule has 12 heavy (non-hydrogen) atoms. The van der Waals surface area contributed by atoms with Gasteiger partial charge in [-0.1, -0.05) is 6.58 Å². The van der Waals surface area contributed by atoms with Gasteiger partial charge in [0.15, 0.2) is 12.4 Å². The fourth-order valence-corrected chi connectivity index (χ4v) is 0.532. The van der Waals surface area contributed by atoms with Gasteiger partial charge in [-0.2, -0.15) is 0 Å². The van der Waals surface area contributed by atoms with Crippen molar-refractivity contribution in [3.8, 4) is 0 Å². The first-order chi connectivity index (χ1) is 5.74. The highest BCUT2D eigenvalue weighted by Gasteiger charge is 2.10. The Hall–Kier alpha value is -1.16. The molecule has 0 heterocycles. The van der Waals surface area contributed by atoms with Gasteiger partial charge >= 0.3 is 5.97 Å². The summed E-state index contributed by atoms with van der Waals surface area (Å²) < 4.78 is 9.49. The van der Waals surface area contributed by atoms with E-state index < -0.39 is 12.1 Å². The SMILES string of the molecule is C=CC(=O)OC(C=O)COCC. The molecule has 0 aliphatic rings. The van der Waals surface area contributed by atoms with Crippen molar-refractivity contribution in [2.45, 2.75) is 13.0 Å². The second-order valence-corrected chi connectivity index (χ2v) is 1.98. The zero-order valence-corrected chi connectivity index (χ0v) is 6.99. The Labute approximate surface area is 71.2 Å². The van der Waals surface area contributed by atoms with E-state index in [1.165, 1.54) is 0 Å². The molecule has 0 saturated heterocycles. The lowest BCUT2D eigenvalue weighted by Crippen LogP contribution is -2.24. The number of esters is 1. The third-order valence-electron chi connectivity index (χ3n) is 1.07. The third-order valence-corrected chi connectivity index (χ3v) is 1.07. The van der Waals surface area contributed by atoms with Crippen LogP contribution in [-0.4, -0.2) is 31.6 Å². The van der Waals surface area contributed by atoms with Crippen molar-refractivity contribution < 1.29 is 19.1 Å². The van der Waals surface area contributed by atoms with Crippen LogP contribution in [0.4, 0.5) is 0 Å². The summed E-state index contributed by atoms with van der Waals surface area (Å²) in [5, 5.41) is 0. The third kappa shape index (κ3) is 4.62. The van der Waals surface area contributed by atoms with Crippen molar-refractivity contribution in [2.75, 3.05) is 13.2 Å². The number of rotatable bonds is 6. The van der Waals surface area contributed by atoms with Gasteiger partial charge in [0.05, 0.1) is 6.61 Å². The minimum Gasteiger partial charge on any atom is -0.449 e. The predicted octanol–water partition coefficient (Wildman–Crippen LogP) is 0.320. The van der Waals surface area contributed by atoms with Gasteiger partial charge in [-0.05, 0) is 6.92 Å². The van der Waals surface area contributed by atoms with Crippen molar-refractivity contribution in [3.05, 3.63) is 12.7 Å². The molecule has 0 saturated carbocycles. The second-order valence-electron chi connectivity index (χ2n) is 1.98. The highest BCUT2D eigenvalue weighted by molar-refractivity contribution is 5.82. The Morgan fingerprint density at radius 1 is 1.67 bits per heavy atom. The average Bonchev–Trinajstić information content (AvgIpc) is 2.11. The molecule has 1 unspecified atom stereocenters. The van der Waals surface area contributed by atoms with Gasteiger partial charge in [-0.3, -0.25) is 4.79 Å². The molecule has 0 aromatic carbocycles. The Morgan fingerprint density at radius 2 is 2.33 bits per heavy atom. The molecule has 0 radical (unpaired) electrons. The molecule has 0 aliphatic heterocycles. The molecule has 68 valence electrons. The summed E-state index contributed by atoms with van der Waals surface area (Å²) in [7, 11) is 0. The fourth-order valence-electron chi connectivity index (χ4n) is 0.532. The normalized spacial score (nSPS) is 11.8. The smallest absolute Gasteiger partial charge is 0.330 e. The molecular formula is C8H12O4. The Kier molecular flexibility index (Phi) is 5.91. The summed E-state index contributed by atoms with van der Waals surface area (Å²) in [5.74, 6) is -0.619. The van der Waals surface area contributed by atoms with Crippen LogP contribution in [0.25, 0.3) is 0 Å². The van der Waals surface area contributed by atoms with E-state index >= 15 is 0 Å². The molecule has 0 bridgehead atoms. The van der Waals surface area contributed by atoms with Crippen molar-refractivity contribution in [1.82, 2.24) is 0 Å². The van der Waals surface area contributed by atoms with E-state index in [9.17, 15) is 9.59 Å².